The zero-order chi connectivity index (χ0) is 14.3. The lowest BCUT2D eigenvalue weighted by Crippen LogP contribution is -2.31. The quantitative estimate of drug-likeness (QED) is 0.870. The predicted molar refractivity (Wildman–Crippen MR) is 72.6 cm³/mol. The molecule has 3 nitrogen and oxygen atoms in total. The summed E-state index contributed by atoms with van der Waals surface area (Å²) in [6.07, 6.45) is 4.80. The van der Waals surface area contributed by atoms with Crippen molar-refractivity contribution in [3.8, 4) is 0 Å². The number of anilines is 1. The molecule has 1 aromatic rings. The summed E-state index contributed by atoms with van der Waals surface area (Å²) in [7, 11) is 1.44. The number of benzene rings is 1. The van der Waals surface area contributed by atoms with E-state index in [4.69, 9.17) is 0 Å². The number of carbonyl (C=O) groups excluding carboxylic acids is 1. The first-order chi connectivity index (χ1) is 9.55. The van der Waals surface area contributed by atoms with Crippen LogP contribution in [0.15, 0.2) is 12.1 Å². The van der Waals surface area contributed by atoms with Gasteiger partial charge < -0.3 is 10.6 Å². The summed E-state index contributed by atoms with van der Waals surface area (Å²) in [5.74, 6) is -1.16. The third kappa shape index (κ3) is 2.37. The van der Waals surface area contributed by atoms with E-state index < -0.39 is 17.5 Å². The lowest BCUT2D eigenvalue weighted by atomic mass is 10.0. The first-order valence-electron chi connectivity index (χ1n) is 7.01. The van der Waals surface area contributed by atoms with E-state index in [1.54, 1.807) is 0 Å². The number of hydrogen-bond acceptors (Lipinski definition) is 2. The van der Waals surface area contributed by atoms with Gasteiger partial charge >= 0.3 is 0 Å². The number of carbonyl (C=O) groups is 1. The van der Waals surface area contributed by atoms with Gasteiger partial charge in [0.15, 0.2) is 0 Å². The molecule has 0 heterocycles. The van der Waals surface area contributed by atoms with Crippen molar-refractivity contribution in [2.75, 3.05) is 18.9 Å². The van der Waals surface area contributed by atoms with Crippen molar-refractivity contribution in [3.63, 3.8) is 0 Å². The minimum atomic E-state index is -0.749. The molecule has 1 aromatic carbocycles. The summed E-state index contributed by atoms with van der Waals surface area (Å²) in [5, 5.41) is 5.26. The molecule has 1 amide bonds. The first kappa shape index (κ1) is 13.3. The van der Waals surface area contributed by atoms with Crippen LogP contribution in [-0.4, -0.2) is 19.5 Å². The van der Waals surface area contributed by atoms with Gasteiger partial charge in [0.05, 0.1) is 0 Å². The summed E-state index contributed by atoms with van der Waals surface area (Å²) >= 11 is 0. The summed E-state index contributed by atoms with van der Waals surface area (Å²) in [6.45, 7) is 0.619. The Kier molecular flexibility index (Phi) is 3.15. The van der Waals surface area contributed by atoms with Crippen LogP contribution in [0.5, 0.6) is 0 Å². The van der Waals surface area contributed by atoms with E-state index in [2.05, 4.69) is 10.6 Å². The van der Waals surface area contributed by atoms with Crippen LogP contribution in [0.3, 0.4) is 0 Å². The first-order valence-corrected chi connectivity index (χ1v) is 7.01. The van der Waals surface area contributed by atoms with Crippen LogP contribution in [0.1, 0.15) is 36.0 Å². The fourth-order valence-electron chi connectivity index (χ4n) is 2.89. The average molecular weight is 280 g/mol. The van der Waals surface area contributed by atoms with E-state index in [1.165, 1.54) is 19.9 Å². The minimum absolute atomic E-state index is 0.0330. The number of hydrogen-bond donors (Lipinski definition) is 2. The molecule has 0 aromatic heterocycles. The average Bonchev–Trinajstić information content (AvgIpc) is 3.27. The van der Waals surface area contributed by atoms with Gasteiger partial charge in [0.2, 0.25) is 0 Å². The van der Waals surface area contributed by atoms with Gasteiger partial charge in [0.25, 0.3) is 5.91 Å². The molecule has 0 radical (unpaired) electrons. The number of halogens is 2. The van der Waals surface area contributed by atoms with Gasteiger partial charge in [0, 0.05) is 19.2 Å². The Bertz CT molecular complexity index is 528. The van der Waals surface area contributed by atoms with Gasteiger partial charge in [-0.1, -0.05) is 0 Å². The molecule has 0 unspecified atom stereocenters. The molecule has 2 aliphatic rings. The predicted octanol–water partition coefficient (Wildman–Crippen LogP) is 2.93. The van der Waals surface area contributed by atoms with Gasteiger partial charge in [0.1, 0.15) is 17.3 Å². The van der Waals surface area contributed by atoms with Crippen molar-refractivity contribution in [1.82, 2.24) is 5.32 Å². The SMILES string of the molecule is CNc1c(F)cc(C(=O)NCC2(C3CC3)CC2)cc1F. The molecule has 0 atom stereocenters. The second-order valence-corrected chi connectivity index (χ2v) is 5.88. The van der Waals surface area contributed by atoms with Gasteiger partial charge in [-0.25, -0.2) is 8.78 Å². The zero-order valence-electron chi connectivity index (χ0n) is 11.4. The van der Waals surface area contributed by atoms with Crippen molar-refractivity contribution >= 4 is 11.6 Å². The van der Waals surface area contributed by atoms with E-state index in [0.717, 1.165) is 30.9 Å². The second-order valence-electron chi connectivity index (χ2n) is 5.88. The number of amides is 1. The molecular weight excluding hydrogens is 262 g/mol. The smallest absolute Gasteiger partial charge is 0.251 e. The molecule has 3 rings (SSSR count). The van der Waals surface area contributed by atoms with Gasteiger partial charge in [-0.2, -0.15) is 0 Å². The Labute approximate surface area is 116 Å². The fraction of sp³-hybridized carbons (Fsp3) is 0.533. The molecule has 2 N–H and O–H groups in total. The third-order valence-corrected chi connectivity index (χ3v) is 4.49. The summed E-state index contributed by atoms with van der Waals surface area (Å²) < 4.78 is 27.2. The van der Waals surface area contributed by atoms with Gasteiger partial charge in [-0.3, -0.25) is 4.79 Å². The van der Waals surface area contributed by atoms with Crippen LogP contribution in [0.2, 0.25) is 0 Å². The second kappa shape index (κ2) is 4.72. The van der Waals surface area contributed by atoms with Crippen LogP contribution >= 0.6 is 0 Å². The Morgan fingerprint density at radius 3 is 2.35 bits per heavy atom. The van der Waals surface area contributed by atoms with E-state index in [-0.39, 0.29) is 16.7 Å². The molecule has 0 spiro atoms. The molecule has 5 heteroatoms. The maximum atomic E-state index is 13.6. The van der Waals surface area contributed by atoms with Crippen LogP contribution in [0.4, 0.5) is 14.5 Å². The van der Waals surface area contributed by atoms with Crippen LogP contribution < -0.4 is 10.6 Å². The Hall–Kier alpha value is -1.65. The molecular formula is C15H18F2N2O. The van der Waals surface area contributed by atoms with Crippen molar-refractivity contribution in [2.45, 2.75) is 25.7 Å². The maximum Gasteiger partial charge on any atom is 0.251 e. The highest BCUT2D eigenvalue weighted by molar-refractivity contribution is 5.94. The lowest BCUT2D eigenvalue weighted by molar-refractivity contribution is 0.0941. The summed E-state index contributed by atoms with van der Waals surface area (Å²) in [4.78, 5) is 12.0. The van der Waals surface area contributed by atoms with Crippen LogP contribution in [0.25, 0.3) is 0 Å². The van der Waals surface area contributed by atoms with Crippen LogP contribution in [0, 0.1) is 23.0 Å². The molecule has 108 valence electrons. The Morgan fingerprint density at radius 2 is 1.90 bits per heavy atom. The molecule has 2 saturated carbocycles. The van der Waals surface area contributed by atoms with Gasteiger partial charge in [-0.05, 0) is 49.1 Å². The maximum absolute atomic E-state index is 13.6. The molecule has 0 saturated heterocycles. The fourth-order valence-corrected chi connectivity index (χ4v) is 2.89. The molecule has 2 aliphatic carbocycles. The topological polar surface area (TPSA) is 41.1 Å². The molecule has 0 aliphatic heterocycles. The molecule has 20 heavy (non-hydrogen) atoms. The monoisotopic (exact) mass is 280 g/mol. The number of rotatable bonds is 5. The normalized spacial score (nSPS) is 19.6. The Balaban J connectivity index is 1.68. The largest absolute Gasteiger partial charge is 0.383 e. The highest BCUT2D eigenvalue weighted by Crippen LogP contribution is 2.60. The third-order valence-electron chi connectivity index (χ3n) is 4.49. The number of nitrogens with one attached hydrogen (secondary N) is 2. The standard InChI is InChI=1S/C15H18F2N2O/c1-18-13-11(16)6-9(7-12(13)17)14(20)19-8-15(4-5-15)10-2-3-10/h6-7,10,18H,2-5,8H2,1H3,(H,19,20). The molecule has 0 bridgehead atoms. The van der Waals surface area contributed by atoms with Crippen molar-refractivity contribution in [2.24, 2.45) is 11.3 Å². The van der Waals surface area contributed by atoms with Crippen LogP contribution in [-0.2, 0) is 0 Å². The lowest BCUT2D eigenvalue weighted by Gasteiger charge is -2.15. The zero-order valence-corrected chi connectivity index (χ0v) is 11.4. The van der Waals surface area contributed by atoms with Gasteiger partial charge in [-0.15, -0.1) is 0 Å². The summed E-state index contributed by atoms with van der Waals surface area (Å²) in [6, 6.07) is 2.14. The van der Waals surface area contributed by atoms with E-state index >= 15 is 0 Å². The van der Waals surface area contributed by atoms with Crippen molar-refractivity contribution in [1.29, 1.82) is 0 Å². The van der Waals surface area contributed by atoms with Crippen molar-refractivity contribution < 1.29 is 13.6 Å². The minimum Gasteiger partial charge on any atom is -0.383 e. The van der Waals surface area contributed by atoms with E-state index in [0.29, 0.717) is 6.54 Å². The van der Waals surface area contributed by atoms with Crippen molar-refractivity contribution in [3.05, 3.63) is 29.3 Å². The summed E-state index contributed by atoms with van der Waals surface area (Å²) in [5.41, 5.74) is 0.0984. The highest BCUT2D eigenvalue weighted by atomic mass is 19.1. The van der Waals surface area contributed by atoms with E-state index in [1.807, 2.05) is 0 Å². The highest BCUT2D eigenvalue weighted by Gasteiger charge is 2.53. The molecule has 2 fully saturated rings. The Morgan fingerprint density at radius 1 is 1.30 bits per heavy atom. The van der Waals surface area contributed by atoms with E-state index in [9.17, 15) is 13.6 Å².